The van der Waals surface area contributed by atoms with Gasteiger partial charge in [0.25, 0.3) is 8.32 Å². The van der Waals surface area contributed by atoms with Crippen molar-refractivity contribution in [2.75, 3.05) is 6.61 Å². The minimum absolute atomic E-state index is 0.158. The van der Waals surface area contributed by atoms with Gasteiger partial charge in [-0.15, -0.1) is 0 Å². The quantitative estimate of drug-likeness (QED) is 0.612. The van der Waals surface area contributed by atoms with Crippen molar-refractivity contribution in [3.63, 3.8) is 0 Å². The molecule has 3 rings (SSSR count). The summed E-state index contributed by atoms with van der Waals surface area (Å²) in [5, 5.41) is 2.19. The number of benzene rings is 2. The van der Waals surface area contributed by atoms with Crippen molar-refractivity contribution >= 4 is 24.7 Å². The number of esters is 1. The Morgan fingerprint density at radius 2 is 1.42 bits per heavy atom. The molecule has 1 fully saturated rings. The highest BCUT2D eigenvalue weighted by molar-refractivity contribution is 6.99. The number of carbonyl (C=O) groups excluding carboxylic acids is 1. The summed E-state index contributed by atoms with van der Waals surface area (Å²) >= 11 is 0. The normalized spacial score (nSPS) is 20.0. The summed E-state index contributed by atoms with van der Waals surface area (Å²) < 4.78 is 12.3. The van der Waals surface area contributed by atoms with Crippen LogP contribution in [0.1, 0.15) is 34.6 Å². The molecule has 26 heavy (non-hydrogen) atoms. The van der Waals surface area contributed by atoms with Crippen molar-refractivity contribution in [2.45, 2.75) is 45.8 Å². The van der Waals surface area contributed by atoms with Crippen LogP contribution in [-0.2, 0) is 14.0 Å². The average molecular weight is 369 g/mol. The Kier molecular flexibility index (Phi) is 4.84. The number of hydrogen-bond acceptors (Lipinski definition) is 3. The molecule has 0 saturated carbocycles. The first-order valence-electron chi connectivity index (χ1n) is 9.14. The largest absolute Gasteiger partial charge is 0.463 e. The summed E-state index contributed by atoms with van der Waals surface area (Å²) in [5.74, 6) is -0.247. The Morgan fingerprint density at radius 3 is 1.77 bits per heavy atom. The van der Waals surface area contributed by atoms with E-state index in [1.807, 2.05) is 50.2 Å². The van der Waals surface area contributed by atoms with Gasteiger partial charge in [0.05, 0.1) is 6.61 Å². The van der Waals surface area contributed by atoms with Crippen LogP contribution in [0.2, 0.25) is 5.04 Å². The second kappa shape index (κ2) is 6.67. The van der Waals surface area contributed by atoms with Crippen molar-refractivity contribution in [1.82, 2.24) is 0 Å². The van der Waals surface area contributed by atoms with Crippen LogP contribution in [0.5, 0.6) is 0 Å². The molecular formula is C22H28O3Si. The van der Waals surface area contributed by atoms with E-state index >= 15 is 0 Å². The lowest BCUT2D eigenvalue weighted by molar-refractivity contribution is -0.144. The summed E-state index contributed by atoms with van der Waals surface area (Å²) in [6.07, 6.45) is -0.561. The average Bonchev–Trinajstić information content (AvgIpc) is 2.86. The van der Waals surface area contributed by atoms with E-state index in [-0.39, 0.29) is 16.4 Å². The van der Waals surface area contributed by atoms with Gasteiger partial charge < -0.3 is 9.16 Å². The first-order valence-corrected chi connectivity index (χ1v) is 11.0. The molecule has 1 heterocycles. The topological polar surface area (TPSA) is 35.5 Å². The Bertz CT molecular complexity index is 723. The van der Waals surface area contributed by atoms with Gasteiger partial charge in [-0.1, -0.05) is 95.3 Å². The highest BCUT2D eigenvalue weighted by Gasteiger charge is 2.56. The predicted molar refractivity (Wildman–Crippen MR) is 107 cm³/mol. The maximum atomic E-state index is 12.5. The summed E-state index contributed by atoms with van der Waals surface area (Å²) in [7, 11) is -2.75. The minimum Gasteiger partial charge on any atom is -0.463 e. The molecule has 138 valence electrons. The van der Waals surface area contributed by atoms with Crippen LogP contribution in [0.15, 0.2) is 60.7 Å². The summed E-state index contributed by atoms with van der Waals surface area (Å²) in [4.78, 5) is 12.5. The zero-order chi connectivity index (χ0) is 19.0. The maximum absolute atomic E-state index is 12.5. The van der Waals surface area contributed by atoms with Gasteiger partial charge in [0.1, 0.15) is 0 Å². The lowest BCUT2D eigenvalue weighted by Gasteiger charge is -2.45. The standard InChI is InChI=1S/C22H28O3Si/c1-21(2,3)26(17-12-8-6-9-13-17,18-14-10-7-11-15-18)25-19-20(23)24-16-22(19,4)5/h6-15,19H,16H2,1-5H3. The third-order valence-corrected chi connectivity index (χ3v) is 10.2. The van der Waals surface area contributed by atoms with E-state index in [4.69, 9.17) is 9.16 Å². The Hall–Kier alpha value is -1.91. The van der Waals surface area contributed by atoms with Gasteiger partial charge in [-0.25, -0.2) is 4.79 Å². The SMILES string of the molecule is CC1(C)COC(=O)C1O[Si](c1ccccc1)(c1ccccc1)C(C)(C)C. The van der Waals surface area contributed by atoms with E-state index in [1.54, 1.807) is 0 Å². The first-order chi connectivity index (χ1) is 12.2. The molecule has 1 saturated heterocycles. The number of ether oxygens (including phenoxy) is 1. The molecule has 1 atom stereocenters. The molecule has 0 aliphatic carbocycles. The van der Waals surface area contributed by atoms with Crippen LogP contribution in [-0.4, -0.2) is 27.0 Å². The van der Waals surface area contributed by atoms with Crippen LogP contribution < -0.4 is 10.4 Å². The fourth-order valence-electron chi connectivity index (χ4n) is 3.80. The van der Waals surface area contributed by atoms with Gasteiger partial charge in [-0.2, -0.15) is 0 Å². The van der Waals surface area contributed by atoms with Crippen LogP contribution in [0, 0.1) is 5.41 Å². The molecule has 0 radical (unpaired) electrons. The molecule has 2 aromatic rings. The van der Waals surface area contributed by atoms with Crippen LogP contribution >= 0.6 is 0 Å². The molecule has 0 aromatic heterocycles. The summed E-state index contributed by atoms with van der Waals surface area (Å²) in [6, 6.07) is 20.8. The molecule has 1 aliphatic rings. The zero-order valence-corrected chi connectivity index (χ0v) is 17.3. The van der Waals surface area contributed by atoms with E-state index in [1.165, 1.54) is 10.4 Å². The second-order valence-electron chi connectivity index (χ2n) is 8.76. The van der Waals surface area contributed by atoms with Gasteiger partial charge in [0.15, 0.2) is 6.10 Å². The first kappa shape index (κ1) is 18.9. The maximum Gasteiger partial charge on any atom is 0.334 e. The third-order valence-electron chi connectivity index (χ3n) is 5.22. The third kappa shape index (κ3) is 3.12. The number of rotatable bonds is 4. The highest BCUT2D eigenvalue weighted by Crippen LogP contribution is 2.41. The lowest BCUT2D eigenvalue weighted by Crippen LogP contribution is -2.68. The van der Waals surface area contributed by atoms with Crippen molar-refractivity contribution in [2.24, 2.45) is 5.41 Å². The monoisotopic (exact) mass is 368 g/mol. The summed E-state index contributed by atoms with van der Waals surface area (Å²) in [5.41, 5.74) is -0.343. The molecule has 3 nitrogen and oxygen atoms in total. The van der Waals surface area contributed by atoms with E-state index in [0.29, 0.717) is 6.61 Å². The molecular weight excluding hydrogens is 340 g/mol. The number of hydrogen-bond donors (Lipinski definition) is 0. The van der Waals surface area contributed by atoms with Crippen LogP contribution in [0.4, 0.5) is 0 Å². The van der Waals surface area contributed by atoms with Gasteiger partial charge in [0.2, 0.25) is 0 Å². The fourth-order valence-corrected chi connectivity index (χ4v) is 8.59. The highest BCUT2D eigenvalue weighted by atomic mass is 28.4. The van der Waals surface area contributed by atoms with Gasteiger partial charge in [-0.3, -0.25) is 0 Å². The van der Waals surface area contributed by atoms with Crippen molar-refractivity contribution in [3.05, 3.63) is 60.7 Å². The number of cyclic esters (lactones) is 1. The summed E-state index contributed by atoms with van der Waals surface area (Å²) in [6.45, 7) is 11.1. The Morgan fingerprint density at radius 1 is 0.962 bits per heavy atom. The second-order valence-corrected chi connectivity index (χ2v) is 13.0. The molecule has 0 bridgehead atoms. The molecule has 0 amide bonds. The lowest BCUT2D eigenvalue weighted by atomic mass is 9.90. The Labute approximate surface area is 157 Å². The molecule has 2 aromatic carbocycles. The molecule has 0 spiro atoms. The molecule has 1 unspecified atom stereocenters. The zero-order valence-electron chi connectivity index (χ0n) is 16.3. The van der Waals surface area contributed by atoms with Gasteiger partial charge >= 0.3 is 5.97 Å². The molecule has 0 N–H and O–H groups in total. The van der Waals surface area contributed by atoms with Gasteiger partial charge in [-0.05, 0) is 15.4 Å². The van der Waals surface area contributed by atoms with E-state index in [9.17, 15) is 4.79 Å². The van der Waals surface area contributed by atoms with E-state index in [0.717, 1.165) is 0 Å². The van der Waals surface area contributed by atoms with Crippen molar-refractivity contribution < 1.29 is 14.0 Å². The van der Waals surface area contributed by atoms with Crippen LogP contribution in [0.25, 0.3) is 0 Å². The predicted octanol–water partition coefficient (Wildman–Crippen LogP) is 3.51. The smallest absolute Gasteiger partial charge is 0.334 e. The Balaban J connectivity index is 2.23. The van der Waals surface area contributed by atoms with Crippen molar-refractivity contribution in [1.29, 1.82) is 0 Å². The minimum atomic E-state index is -2.75. The van der Waals surface area contributed by atoms with E-state index < -0.39 is 14.4 Å². The number of carbonyl (C=O) groups is 1. The van der Waals surface area contributed by atoms with Crippen LogP contribution in [0.3, 0.4) is 0 Å². The molecule has 4 heteroatoms. The van der Waals surface area contributed by atoms with E-state index in [2.05, 4.69) is 45.0 Å². The molecule has 1 aliphatic heterocycles. The fraction of sp³-hybridized carbons (Fsp3) is 0.409. The van der Waals surface area contributed by atoms with Crippen molar-refractivity contribution in [3.8, 4) is 0 Å². The van der Waals surface area contributed by atoms with Gasteiger partial charge in [0, 0.05) is 5.41 Å².